The number of nitrogens with one attached hydrogen (secondary N) is 1. The van der Waals surface area contributed by atoms with Crippen LogP contribution < -0.4 is 10.1 Å². The Labute approximate surface area is 373 Å². The summed E-state index contributed by atoms with van der Waals surface area (Å²) in [5.41, 5.74) is -1.59. The molecule has 1 aromatic rings. The van der Waals surface area contributed by atoms with Crippen LogP contribution in [0.4, 0.5) is 4.79 Å². The second-order valence-electron chi connectivity index (χ2n) is 17.8. The van der Waals surface area contributed by atoms with E-state index >= 15 is 0 Å². The van der Waals surface area contributed by atoms with Crippen molar-refractivity contribution in [1.82, 2.24) is 15.1 Å². The predicted octanol–water partition coefficient (Wildman–Crippen LogP) is 5.53. The molecule has 0 saturated carbocycles. The number of fused-ring (bicyclic) bond motifs is 10. The number of carbonyl (C=O) groups excluding carboxylic acids is 6. The van der Waals surface area contributed by atoms with Gasteiger partial charge in [-0.1, -0.05) is 45.9 Å². The standard InChI is InChI=1S/C47H61N3O14/c1-13-59-45(57)50-20-18-49(19-21-50)35-34-37(53)32-31(38(35)54)33-42(26(5)36(32)52)64-47(11,43(33)55)60-22-17-30(58-12)25(4)40(61-29(8)51)28(7)41-27(6)39(62-46(9,10)63-41)23(2)15-14-16-24(3)44(56)48-34/h14-17,22-23,25,27-28,30,39-41,52H,13,18-21H2,1-12H3,(H,48,56)/b15-14+,22-17-,24-16+. The zero-order valence-corrected chi connectivity index (χ0v) is 38.7. The maximum atomic E-state index is 15.0. The van der Waals surface area contributed by atoms with E-state index in [2.05, 4.69) is 5.32 Å². The van der Waals surface area contributed by atoms with Gasteiger partial charge in [0.1, 0.15) is 29.0 Å². The number of carbonyl (C=O) groups is 6. The molecule has 9 unspecified atom stereocenters. The molecule has 2 amide bonds. The quantitative estimate of drug-likeness (QED) is 0.357. The topological polar surface area (TPSA) is 206 Å². The lowest BCUT2D eigenvalue weighted by molar-refractivity contribution is -0.336. The van der Waals surface area contributed by atoms with Crippen molar-refractivity contribution in [2.45, 2.75) is 112 Å². The first-order chi connectivity index (χ1) is 30.1. The second kappa shape index (κ2) is 18.5. The average molecular weight is 892 g/mol. The summed E-state index contributed by atoms with van der Waals surface area (Å²) < 4.78 is 42.3. The molecule has 0 radical (unpaired) electrons. The van der Waals surface area contributed by atoms with E-state index in [-0.39, 0.29) is 84.8 Å². The van der Waals surface area contributed by atoms with Gasteiger partial charge in [0.15, 0.2) is 5.79 Å². The first-order valence-corrected chi connectivity index (χ1v) is 21.8. The number of ether oxygens (including phenoxy) is 7. The summed E-state index contributed by atoms with van der Waals surface area (Å²) in [5.74, 6) is -8.93. The molecule has 2 N–H and O–H groups in total. The van der Waals surface area contributed by atoms with Gasteiger partial charge in [0.2, 0.25) is 11.6 Å². The number of aromatic hydroxyl groups is 1. The number of hydrogen-bond acceptors (Lipinski definition) is 15. The van der Waals surface area contributed by atoms with E-state index in [9.17, 15) is 33.9 Å². The molecule has 17 heteroatoms. The van der Waals surface area contributed by atoms with Gasteiger partial charge in [-0.15, -0.1) is 0 Å². The lowest BCUT2D eigenvalue weighted by Gasteiger charge is -2.50. The summed E-state index contributed by atoms with van der Waals surface area (Å²) in [6, 6.07) is 0. The fourth-order valence-corrected chi connectivity index (χ4v) is 9.39. The van der Waals surface area contributed by atoms with E-state index in [0.29, 0.717) is 0 Å². The minimum atomic E-state index is -2.09. The van der Waals surface area contributed by atoms with Gasteiger partial charge in [0.05, 0.1) is 47.9 Å². The summed E-state index contributed by atoms with van der Waals surface area (Å²) in [4.78, 5) is 86.6. The fraction of sp³-hybridized carbons (Fsp3) is 0.574. The van der Waals surface area contributed by atoms with Crippen molar-refractivity contribution >= 4 is 35.3 Å². The number of methoxy groups -OCH3 is 1. The van der Waals surface area contributed by atoms with Crippen LogP contribution in [0, 0.1) is 30.6 Å². The molecule has 7 bridgehead atoms. The Morgan fingerprint density at radius 1 is 0.891 bits per heavy atom. The number of phenolic OH excluding ortho intramolecular Hbond substituents is 1. The molecule has 1 aliphatic carbocycles. The van der Waals surface area contributed by atoms with Crippen LogP contribution in [0.5, 0.6) is 11.5 Å². The Balaban J connectivity index is 1.49. The van der Waals surface area contributed by atoms with E-state index in [4.69, 9.17) is 33.2 Å². The van der Waals surface area contributed by atoms with Crippen LogP contribution in [-0.2, 0) is 38.0 Å². The highest BCUT2D eigenvalue weighted by Gasteiger charge is 2.54. The Morgan fingerprint density at radius 3 is 2.17 bits per heavy atom. The van der Waals surface area contributed by atoms with Gasteiger partial charge in [-0.3, -0.25) is 24.0 Å². The number of hydrogen-bond donors (Lipinski definition) is 2. The van der Waals surface area contributed by atoms with Gasteiger partial charge in [-0.25, -0.2) is 4.79 Å². The molecule has 2 saturated heterocycles. The summed E-state index contributed by atoms with van der Waals surface area (Å²) >= 11 is 0. The minimum absolute atomic E-state index is 0.00647. The molecule has 7 rings (SSSR count). The fourth-order valence-electron chi connectivity index (χ4n) is 9.39. The normalized spacial score (nSPS) is 32.8. The molecule has 2 fully saturated rings. The third-order valence-electron chi connectivity index (χ3n) is 12.8. The Morgan fingerprint density at radius 2 is 1.55 bits per heavy atom. The smallest absolute Gasteiger partial charge is 0.409 e. The number of amides is 2. The molecule has 1 aromatic carbocycles. The third kappa shape index (κ3) is 8.94. The van der Waals surface area contributed by atoms with Gasteiger partial charge in [-0.05, 0) is 40.7 Å². The third-order valence-corrected chi connectivity index (χ3v) is 12.8. The number of piperazine rings is 1. The van der Waals surface area contributed by atoms with E-state index < -0.39 is 93.7 Å². The van der Waals surface area contributed by atoms with Gasteiger partial charge in [0, 0.05) is 81.9 Å². The maximum Gasteiger partial charge on any atom is 0.409 e. The zero-order valence-electron chi connectivity index (χ0n) is 38.7. The molecule has 0 spiro atoms. The van der Waals surface area contributed by atoms with Crippen molar-refractivity contribution < 1.29 is 67.0 Å². The first-order valence-electron chi connectivity index (χ1n) is 21.8. The molecule has 5 heterocycles. The molecule has 0 aromatic heterocycles. The lowest BCUT2D eigenvalue weighted by atomic mass is 9.77. The molecular weight excluding hydrogens is 831 g/mol. The van der Waals surface area contributed by atoms with Crippen molar-refractivity contribution in [2.24, 2.45) is 23.7 Å². The summed E-state index contributed by atoms with van der Waals surface area (Å²) in [5, 5.41) is 14.3. The number of benzene rings is 1. The second-order valence-corrected chi connectivity index (χ2v) is 17.8. The highest BCUT2D eigenvalue weighted by Crippen LogP contribution is 2.49. The van der Waals surface area contributed by atoms with Gasteiger partial charge < -0.3 is 53.4 Å². The monoisotopic (exact) mass is 891 g/mol. The number of nitrogens with zero attached hydrogens (tertiary/aromatic N) is 2. The van der Waals surface area contributed by atoms with Gasteiger partial charge in [-0.2, -0.15) is 0 Å². The van der Waals surface area contributed by atoms with Crippen molar-refractivity contribution in [2.75, 3.05) is 39.9 Å². The van der Waals surface area contributed by atoms with Crippen LogP contribution in [0.3, 0.4) is 0 Å². The Bertz CT molecular complexity index is 2220. The maximum absolute atomic E-state index is 15.0. The van der Waals surface area contributed by atoms with Crippen molar-refractivity contribution in [3.05, 3.63) is 69.8 Å². The van der Waals surface area contributed by atoms with Crippen molar-refractivity contribution in [1.29, 1.82) is 0 Å². The van der Waals surface area contributed by atoms with Crippen LogP contribution in [0.15, 0.2) is 47.5 Å². The van der Waals surface area contributed by atoms with E-state index in [1.165, 1.54) is 39.0 Å². The highest BCUT2D eigenvalue weighted by molar-refractivity contribution is 6.32. The summed E-state index contributed by atoms with van der Waals surface area (Å²) in [7, 11) is 1.49. The number of allylic oxidation sites excluding steroid dienone is 4. The van der Waals surface area contributed by atoms with Crippen molar-refractivity contribution in [3.63, 3.8) is 0 Å². The van der Waals surface area contributed by atoms with Gasteiger partial charge >= 0.3 is 17.8 Å². The molecule has 348 valence electrons. The largest absolute Gasteiger partial charge is 0.507 e. The van der Waals surface area contributed by atoms with Crippen LogP contribution in [-0.4, -0.2) is 126 Å². The number of rotatable bonds is 4. The lowest BCUT2D eigenvalue weighted by Crippen LogP contribution is -2.56. The zero-order chi connectivity index (χ0) is 47.2. The minimum Gasteiger partial charge on any atom is -0.507 e. The van der Waals surface area contributed by atoms with E-state index in [1.54, 1.807) is 37.0 Å². The number of esters is 1. The average Bonchev–Trinajstić information content (AvgIpc) is 3.50. The van der Waals surface area contributed by atoms with E-state index in [0.717, 1.165) is 0 Å². The Hall–Kier alpha value is -5.52. The predicted molar refractivity (Wildman–Crippen MR) is 230 cm³/mol. The van der Waals surface area contributed by atoms with Crippen molar-refractivity contribution in [3.8, 4) is 11.5 Å². The van der Waals surface area contributed by atoms with E-state index in [1.807, 2.05) is 47.6 Å². The molecule has 5 aliphatic heterocycles. The van der Waals surface area contributed by atoms with Crippen LogP contribution in [0.1, 0.15) is 106 Å². The van der Waals surface area contributed by atoms with Gasteiger partial charge in [0.25, 0.3) is 11.7 Å². The molecular formula is C47H61N3O14. The summed E-state index contributed by atoms with van der Waals surface area (Å²) in [6.45, 7) is 19.3. The van der Waals surface area contributed by atoms with Crippen LogP contribution >= 0.6 is 0 Å². The Kier molecular flexibility index (Phi) is 13.9. The first kappa shape index (κ1) is 47.9. The molecule has 64 heavy (non-hydrogen) atoms. The number of phenols is 1. The molecule has 9 atom stereocenters. The highest BCUT2D eigenvalue weighted by atomic mass is 16.7. The molecule has 6 aliphatic rings. The molecule has 17 nitrogen and oxygen atoms in total. The SMILES string of the molecule is CCOC(=O)N1CCN(C2=C3NC(=O)/C(C)=C/C=C/C(C)C4OC(C)(C)OC(C4C)C(C)C(OC(C)=O)C(C)C(OC)/C=C\OC4(C)Oc5c(C)c(O)c(c(c5C4=O)C2=O)C3=O)CC1. The van der Waals surface area contributed by atoms with Crippen LogP contribution in [0.2, 0.25) is 0 Å². The number of Topliss-reactive ketones (excluding diaryl/α,β-unsaturated/α-hetero) is 3. The van der Waals surface area contributed by atoms with Crippen LogP contribution in [0.25, 0.3) is 0 Å². The number of ketones is 3. The summed E-state index contributed by atoms with van der Waals surface area (Å²) in [6.07, 6.45) is 5.12.